The lowest BCUT2D eigenvalue weighted by Gasteiger charge is -2.33. The first-order chi connectivity index (χ1) is 11.5. The van der Waals surface area contributed by atoms with Crippen molar-refractivity contribution in [1.29, 1.82) is 0 Å². The zero-order chi connectivity index (χ0) is 17.5. The second-order valence-electron chi connectivity index (χ2n) is 6.03. The number of amides is 2. The quantitative estimate of drug-likeness (QED) is 0.765. The maximum Gasteiger partial charge on any atom is 0.409 e. The van der Waals surface area contributed by atoms with Crippen LogP contribution in [0.25, 0.3) is 0 Å². The van der Waals surface area contributed by atoms with Gasteiger partial charge in [0.25, 0.3) is 0 Å². The van der Waals surface area contributed by atoms with Crippen LogP contribution in [-0.4, -0.2) is 54.8 Å². The highest BCUT2D eigenvalue weighted by Crippen LogP contribution is 2.21. The maximum atomic E-state index is 12.7. The van der Waals surface area contributed by atoms with Gasteiger partial charge in [0.15, 0.2) is 0 Å². The first kappa shape index (κ1) is 18.6. The van der Waals surface area contributed by atoms with Crippen LogP contribution in [0.2, 0.25) is 0 Å². The molecule has 0 bridgehead atoms. The van der Waals surface area contributed by atoms with Crippen LogP contribution < -0.4 is 0 Å². The Morgan fingerprint density at radius 2 is 2.04 bits per heavy atom. The number of carbonyl (C=O) groups is 2. The Kier molecular flexibility index (Phi) is 6.97. The van der Waals surface area contributed by atoms with Gasteiger partial charge in [0.2, 0.25) is 5.91 Å². The van der Waals surface area contributed by atoms with E-state index in [2.05, 4.69) is 24.3 Å². The molecule has 6 heteroatoms. The van der Waals surface area contributed by atoms with E-state index in [4.69, 9.17) is 4.74 Å². The molecule has 0 saturated carbocycles. The molecule has 0 aliphatic carbocycles. The summed E-state index contributed by atoms with van der Waals surface area (Å²) >= 11 is 1.70. The molecular formula is C18H26N2O3S. The van der Waals surface area contributed by atoms with Gasteiger partial charge in [-0.1, -0.05) is 12.1 Å². The first-order valence-corrected chi connectivity index (χ1v) is 9.57. The van der Waals surface area contributed by atoms with Crippen LogP contribution in [0.1, 0.15) is 25.3 Å². The maximum absolute atomic E-state index is 12.7. The Labute approximate surface area is 148 Å². The lowest BCUT2D eigenvalue weighted by atomic mass is 9.96. The monoisotopic (exact) mass is 350 g/mol. The van der Waals surface area contributed by atoms with Crippen LogP contribution in [0.5, 0.6) is 0 Å². The fourth-order valence-corrected chi connectivity index (χ4v) is 3.36. The minimum Gasteiger partial charge on any atom is -0.450 e. The van der Waals surface area contributed by atoms with Crippen molar-refractivity contribution in [3.8, 4) is 0 Å². The molecule has 1 heterocycles. The molecule has 1 saturated heterocycles. The fourth-order valence-electron chi connectivity index (χ4n) is 2.95. The number of hydrogen-bond acceptors (Lipinski definition) is 4. The van der Waals surface area contributed by atoms with Gasteiger partial charge < -0.3 is 14.5 Å². The average molecular weight is 350 g/mol. The van der Waals surface area contributed by atoms with E-state index in [0.29, 0.717) is 26.2 Å². The van der Waals surface area contributed by atoms with Crippen LogP contribution >= 0.6 is 11.8 Å². The van der Waals surface area contributed by atoms with Gasteiger partial charge >= 0.3 is 6.09 Å². The summed E-state index contributed by atoms with van der Waals surface area (Å²) in [6, 6.07) is 8.26. The number of ether oxygens (including phenoxy) is 1. The van der Waals surface area contributed by atoms with Crippen molar-refractivity contribution in [1.82, 2.24) is 9.80 Å². The molecule has 24 heavy (non-hydrogen) atoms. The Hall–Kier alpha value is -1.69. The molecule has 5 nitrogen and oxygen atoms in total. The second kappa shape index (κ2) is 8.97. The molecule has 1 aliphatic rings. The van der Waals surface area contributed by atoms with E-state index < -0.39 is 0 Å². The van der Waals surface area contributed by atoms with Gasteiger partial charge in [-0.05, 0) is 43.7 Å². The topological polar surface area (TPSA) is 49.9 Å². The van der Waals surface area contributed by atoms with Crippen LogP contribution in [0.4, 0.5) is 4.79 Å². The Morgan fingerprint density at radius 3 is 2.67 bits per heavy atom. The van der Waals surface area contributed by atoms with Crippen molar-refractivity contribution in [3.63, 3.8) is 0 Å². The molecule has 1 aromatic carbocycles. The number of thioether (sulfide) groups is 1. The van der Waals surface area contributed by atoms with Crippen molar-refractivity contribution < 1.29 is 14.3 Å². The summed E-state index contributed by atoms with van der Waals surface area (Å²) in [6.45, 7) is 3.86. The summed E-state index contributed by atoms with van der Waals surface area (Å²) in [4.78, 5) is 29.2. The normalized spacial score (nSPS) is 17.5. The van der Waals surface area contributed by atoms with Crippen molar-refractivity contribution in [3.05, 3.63) is 29.8 Å². The molecule has 1 aromatic rings. The van der Waals surface area contributed by atoms with Gasteiger partial charge in [-0.2, -0.15) is 0 Å². The molecular weight excluding hydrogens is 324 g/mol. The van der Waals surface area contributed by atoms with Crippen LogP contribution in [0.3, 0.4) is 0 Å². The Bertz CT molecular complexity index is 562. The fraction of sp³-hybridized carbons (Fsp3) is 0.556. The molecule has 1 aliphatic heterocycles. The van der Waals surface area contributed by atoms with E-state index in [1.165, 1.54) is 4.90 Å². The van der Waals surface area contributed by atoms with Gasteiger partial charge in [-0.25, -0.2) is 4.79 Å². The van der Waals surface area contributed by atoms with Crippen LogP contribution in [0, 0.1) is 5.92 Å². The molecule has 0 radical (unpaired) electrons. The minimum absolute atomic E-state index is 0.0953. The lowest BCUT2D eigenvalue weighted by Crippen LogP contribution is -2.45. The summed E-state index contributed by atoms with van der Waals surface area (Å²) in [6.07, 6.45) is 3.39. The van der Waals surface area contributed by atoms with E-state index >= 15 is 0 Å². The van der Waals surface area contributed by atoms with Gasteiger partial charge in [-0.3, -0.25) is 4.79 Å². The molecule has 132 valence electrons. The van der Waals surface area contributed by atoms with E-state index in [9.17, 15) is 9.59 Å². The number of benzene rings is 1. The summed E-state index contributed by atoms with van der Waals surface area (Å²) in [5, 5.41) is 0. The highest BCUT2D eigenvalue weighted by molar-refractivity contribution is 7.98. The molecule has 1 unspecified atom stereocenters. The third-order valence-corrected chi connectivity index (χ3v) is 5.00. The summed E-state index contributed by atoms with van der Waals surface area (Å²) < 4.78 is 5.05. The Morgan fingerprint density at radius 1 is 1.33 bits per heavy atom. The van der Waals surface area contributed by atoms with Gasteiger partial charge in [0.05, 0.1) is 12.5 Å². The van der Waals surface area contributed by atoms with Gasteiger partial charge in [0, 0.05) is 31.6 Å². The van der Waals surface area contributed by atoms with Gasteiger partial charge in [-0.15, -0.1) is 11.8 Å². The number of carbonyl (C=O) groups excluding carboxylic acids is 2. The molecule has 0 aromatic heterocycles. The van der Waals surface area contributed by atoms with Gasteiger partial charge in [0.1, 0.15) is 0 Å². The van der Waals surface area contributed by atoms with E-state index in [1.807, 2.05) is 13.3 Å². The SMILES string of the molecule is CCOC(=O)N1CCCC(C(=O)N(C)Cc2ccc(SC)cc2)C1. The summed E-state index contributed by atoms with van der Waals surface area (Å²) in [7, 11) is 1.83. The zero-order valence-electron chi connectivity index (χ0n) is 14.7. The summed E-state index contributed by atoms with van der Waals surface area (Å²) in [5.74, 6) is -0.0448. The molecule has 2 amide bonds. The molecule has 1 atom stereocenters. The van der Waals surface area contributed by atoms with E-state index in [-0.39, 0.29) is 17.9 Å². The third-order valence-electron chi connectivity index (χ3n) is 4.25. The van der Waals surface area contributed by atoms with Crippen LogP contribution in [-0.2, 0) is 16.1 Å². The number of piperidine rings is 1. The predicted octanol–water partition coefficient (Wildman–Crippen LogP) is 3.24. The smallest absolute Gasteiger partial charge is 0.409 e. The van der Waals surface area contributed by atoms with Crippen molar-refractivity contribution in [2.75, 3.05) is 33.0 Å². The third kappa shape index (κ3) is 4.90. The molecule has 0 spiro atoms. The van der Waals surface area contributed by atoms with E-state index in [1.54, 1.807) is 28.5 Å². The number of nitrogens with zero attached hydrogens (tertiary/aromatic N) is 2. The molecule has 2 rings (SSSR count). The average Bonchev–Trinajstić information content (AvgIpc) is 2.62. The van der Waals surface area contributed by atoms with Crippen molar-refractivity contribution in [2.45, 2.75) is 31.2 Å². The standard InChI is InChI=1S/C18H26N2O3S/c1-4-23-18(22)20-11-5-6-15(13-20)17(21)19(2)12-14-7-9-16(24-3)10-8-14/h7-10,15H,4-6,11-13H2,1-3H3. The van der Waals surface area contributed by atoms with E-state index in [0.717, 1.165) is 18.4 Å². The number of likely N-dealkylation sites (tertiary alicyclic amines) is 1. The van der Waals surface area contributed by atoms with Crippen molar-refractivity contribution in [2.24, 2.45) is 5.92 Å². The largest absolute Gasteiger partial charge is 0.450 e. The predicted molar refractivity (Wildman–Crippen MR) is 96.0 cm³/mol. The minimum atomic E-state index is -0.315. The molecule has 1 fully saturated rings. The van der Waals surface area contributed by atoms with Crippen LogP contribution in [0.15, 0.2) is 29.2 Å². The highest BCUT2D eigenvalue weighted by atomic mass is 32.2. The number of rotatable bonds is 5. The first-order valence-electron chi connectivity index (χ1n) is 8.34. The summed E-state index contributed by atoms with van der Waals surface area (Å²) in [5.41, 5.74) is 1.11. The van der Waals surface area contributed by atoms with Crippen molar-refractivity contribution >= 4 is 23.8 Å². The number of hydrogen-bond donors (Lipinski definition) is 0. The highest BCUT2D eigenvalue weighted by Gasteiger charge is 2.30. The second-order valence-corrected chi connectivity index (χ2v) is 6.91. The zero-order valence-corrected chi connectivity index (χ0v) is 15.5. The lowest BCUT2D eigenvalue weighted by molar-refractivity contribution is -0.136. The molecule has 0 N–H and O–H groups in total. The Balaban J connectivity index is 1.92.